The van der Waals surface area contributed by atoms with Crippen molar-refractivity contribution in [3.63, 3.8) is 0 Å². The van der Waals surface area contributed by atoms with Gasteiger partial charge in [0.1, 0.15) is 5.54 Å². The Labute approximate surface area is 175 Å². The van der Waals surface area contributed by atoms with E-state index in [2.05, 4.69) is 10.6 Å². The van der Waals surface area contributed by atoms with Crippen molar-refractivity contribution in [2.45, 2.75) is 31.6 Å². The number of hydrogen-bond acceptors (Lipinski definition) is 7. The van der Waals surface area contributed by atoms with Gasteiger partial charge in [-0.3, -0.25) is 24.6 Å². The standard InChI is InChI=1S/C15H24N4O5.C2HF3O2/c1-6-16-14(23)18(3)7-8-9-10(12(21)19(4)11(9)20)15(2,17-8)13(22)24-5;3-2(4,5)1(6)7/h8-10,17H,6-7H2,1-5H3,(H,16,23);(H,6,7)/t8-,9+,10-,15-;/m1./s1. The van der Waals surface area contributed by atoms with Gasteiger partial charge in [0, 0.05) is 33.2 Å². The van der Waals surface area contributed by atoms with Crippen LogP contribution in [0, 0.1) is 11.8 Å². The lowest BCUT2D eigenvalue weighted by Gasteiger charge is -2.29. The van der Waals surface area contributed by atoms with Crippen LogP contribution in [0.1, 0.15) is 13.8 Å². The van der Waals surface area contributed by atoms with Crippen LogP contribution in [0.25, 0.3) is 0 Å². The van der Waals surface area contributed by atoms with Crippen LogP contribution in [0.4, 0.5) is 18.0 Å². The van der Waals surface area contributed by atoms with E-state index < -0.39 is 47.4 Å². The minimum Gasteiger partial charge on any atom is -0.475 e. The average Bonchev–Trinajstić information content (AvgIpc) is 3.09. The number of fused-ring (bicyclic) bond motifs is 1. The normalized spacial score (nSPS) is 27.2. The Morgan fingerprint density at radius 1 is 1.29 bits per heavy atom. The van der Waals surface area contributed by atoms with E-state index in [1.807, 2.05) is 0 Å². The number of amides is 4. The van der Waals surface area contributed by atoms with Gasteiger partial charge in [0.25, 0.3) is 0 Å². The predicted octanol–water partition coefficient (Wildman–Crippen LogP) is -0.584. The number of nitrogens with one attached hydrogen (secondary N) is 2. The van der Waals surface area contributed by atoms with E-state index in [0.29, 0.717) is 6.54 Å². The van der Waals surface area contributed by atoms with Crippen molar-refractivity contribution in [2.75, 3.05) is 34.3 Å². The van der Waals surface area contributed by atoms with E-state index in [-0.39, 0.29) is 18.5 Å². The van der Waals surface area contributed by atoms with Crippen LogP contribution < -0.4 is 10.6 Å². The van der Waals surface area contributed by atoms with Crippen LogP contribution in [0.5, 0.6) is 0 Å². The van der Waals surface area contributed by atoms with Gasteiger partial charge in [-0.1, -0.05) is 0 Å². The summed E-state index contributed by atoms with van der Waals surface area (Å²) >= 11 is 0. The first-order valence-electron chi connectivity index (χ1n) is 9.10. The van der Waals surface area contributed by atoms with Crippen molar-refractivity contribution >= 4 is 29.8 Å². The molecule has 2 aliphatic rings. The fourth-order valence-electron chi connectivity index (χ4n) is 3.63. The number of alkyl halides is 3. The van der Waals surface area contributed by atoms with E-state index in [4.69, 9.17) is 14.6 Å². The highest BCUT2D eigenvalue weighted by molar-refractivity contribution is 6.09. The van der Waals surface area contributed by atoms with Crippen molar-refractivity contribution in [1.82, 2.24) is 20.4 Å². The SMILES string of the molecule is CCNC(=O)N(C)C[C@H]1N[C@@](C)(C(=O)OC)[C@H]2C(=O)N(C)C(=O)[C@@H]12.O=C(O)C(F)(F)F. The van der Waals surface area contributed by atoms with Crippen LogP contribution in [-0.4, -0.2) is 96.7 Å². The van der Waals surface area contributed by atoms with Gasteiger partial charge in [0.15, 0.2) is 0 Å². The number of nitrogens with zero attached hydrogens (tertiary/aromatic N) is 2. The fraction of sp³-hybridized carbons (Fsp3) is 0.706. The number of carbonyl (C=O) groups is 5. The first-order chi connectivity index (χ1) is 14.1. The number of likely N-dealkylation sites (N-methyl/N-ethyl adjacent to an activating group) is 1. The van der Waals surface area contributed by atoms with Gasteiger partial charge in [0.05, 0.1) is 18.9 Å². The van der Waals surface area contributed by atoms with Crippen LogP contribution in [0.15, 0.2) is 0 Å². The van der Waals surface area contributed by atoms with Gasteiger partial charge >= 0.3 is 24.1 Å². The summed E-state index contributed by atoms with van der Waals surface area (Å²) in [6, 6.07) is -0.805. The lowest BCUT2D eigenvalue weighted by atomic mass is 9.81. The number of methoxy groups -OCH3 is 1. The molecule has 11 nitrogen and oxygen atoms in total. The predicted molar refractivity (Wildman–Crippen MR) is 97.5 cm³/mol. The third-order valence-corrected chi connectivity index (χ3v) is 5.11. The first kappa shape index (κ1) is 26.1. The zero-order chi connectivity index (χ0) is 24.3. The van der Waals surface area contributed by atoms with Crippen LogP contribution in [0.2, 0.25) is 0 Å². The second-order valence-electron chi connectivity index (χ2n) is 7.20. The molecule has 0 bridgehead atoms. The second kappa shape index (κ2) is 9.49. The number of carbonyl (C=O) groups excluding carboxylic acids is 4. The third kappa shape index (κ3) is 5.24. The lowest BCUT2D eigenvalue weighted by Crippen LogP contribution is -2.56. The van der Waals surface area contributed by atoms with Crippen LogP contribution in [0.3, 0.4) is 0 Å². The number of urea groups is 1. The first-order valence-corrected chi connectivity index (χ1v) is 9.10. The monoisotopic (exact) mass is 454 g/mol. The highest BCUT2D eigenvalue weighted by Gasteiger charge is 2.66. The van der Waals surface area contributed by atoms with Crippen LogP contribution >= 0.6 is 0 Å². The molecule has 0 aliphatic carbocycles. The zero-order valence-electron chi connectivity index (χ0n) is 17.6. The topological polar surface area (TPSA) is 145 Å². The van der Waals surface area contributed by atoms with Crippen molar-refractivity contribution in [2.24, 2.45) is 11.8 Å². The number of imide groups is 1. The molecule has 2 fully saturated rings. The number of carboxylic acids is 1. The molecule has 2 rings (SSSR count). The van der Waals surface area contributed by atoms with E-state index in [1.54, 1.807) is 20.9 Å². The summed E-state index contributed by atoms with van der Waals surface area (Å²) in [5.74, 6) is -5.66. The fourth-order valence-corrected chi connectivity index (χ4v) is 3.63. The molecule has 0 spiro atoms. The number of rotatable bonds is 4. The Hall–Kier alpha value is -2.90. The molecule has 31 heavy (non-hydrogen) atoms. The summed E-state index contributed by atoms with van der Waals surface area (Å²) in [5.41, 5.74) is -1.30. The van der Waals surface area contributed by atoms with Gasteiger partial charge < -0.3 is 20.1 Å². The van der Waals surface area contributed by atoms with Crippen molar-refractivity contribution in [3.8, 4) is 0 Å². The molecule has 2 aliphatic heterocycles. The molecule has 0 aromatic heterocycles. The summed E-state index contributed by atoms with van der Waals surface area (Å²) in [4.78, 5) is 60.5. The van der Waals surface area contributed by atoms with E-state index >= 15 is 0 Å². The molecular weight excluding hydrogens is 429 g/mol. The molecule has 4 amide bonds. The number of ether oxygens (including phenoxy) is 1. The van der Waals surface area contributed by atoms with Gasteiger partial charge in [-0.25, -0.2) is 9.59 Å². The van der Waals surface area contributed by atoms with E-state index in [9.17, 15) is 32.3 Å². The third-order valence-electron chi connectivity index (χ3n) is 5.11. The van der Waals surface area contributed by atoms with E-state index in [0.717, 1.165) is 4.90 Å². The van der Waals surface area contributed by atoms with Gasteiger partial charge in [0.2, 0.25) is 11.8 Å². The molecule has 0 radical (unpaired) electrons. The molecule has 14 heteroatoms. The minimum absolute atomic E-state index is 0.187. The summed E-state index contributed by atoms with van der Waals surface area (Å²) < 4.78 is 36.6. The quantitative estimate of drug-likeness (QED) is 0.378. The molecule has 2 saturated heterocycles. The molecule has 0 saturated carbocycles. The average molecular weight is 454 g/mol. The number of likely N-dealkylation sites (tertiary alicyclic amines) is 1. The summed E-state index contributed by atoms with van der Waals surface area (Å²) in [5, 5.41) is 12.9. The van der Waals surface area contributed by atoms with Crippen molar-refractivity contribution in [1.29, 1.82) is 0 Å². The molecule has 0 unspecified atom stereocenters. The Morgan fingerprint density at radius 3 is 2.23 bits per heavy atom. The zero-order valence-corrected chi connectivity index (χ0v) is 17.6. The second-order valence-corrected chi connectivity index (χ2v) is 7.20. The van der Waals surface area contributed by atoms with Gasteiger partial charge in [-0.15, -0.1) is 0 Å². The molecule has 2 heterocycles. The molecule has 0 aromatic rings. The highest BCUT2D eigenvalue weighted by atomic mass is 19.4. The highest BCUT2D eigenvalue weighted by Crippen LogP contribution is 2.42. The Bertz CT molecular complexity index is 760. The Kier molecular flexibility index (Phi) is 8.00. The van der Waals surface area contributed by atoms with Crippen LogP contribution in [-0.2, 0) is 23.9 Å². The number of halogens is 3. The number of hydrogen-bond donors (Lipinski definition) is 3. The number of aliphatic carboxylic acids is 1. The van der Waals surface area contributed by atoms with Gasteiger partial charge in [-0.05, 0) is 13.8 Å². The molecule has 176 valence electrons. The Morgan fingerprint density at radius 2 is 1.81 bits per heavy atom. The Balaban J connectivity index is 0.000000592. The minimum atomic E-state index is -5.08. The maximum absolute atomic E-state index is 12.5. The maximum Gasteiger partial charge on any atom is 0.490 e. The smallest absolute Gasteiger partial charge is 0.475 e. The molecule has 4 atom stereocenters. The van der Waals surface area contributed by atoms with E-state index in [1.165, 1.54) is 19.1 Å². The number of carboxylic acid groups (broad SMARTS) is 1. The summed E-state index contributed by atoms with van der Waals surface area (Å²) in [6.07, 6.45) is -5.08. The molecular formula is C17H25F3N4O7. The maximum atomic E-state index is 12.5. The number of esters is 1. The lowest BCUT2D eigenvalue weighted by molar-refractivity contribution is -0.192. The molecule has 0 aromatic carbocycles. The molecule has 3 N–H and O–H groups in total. The summed E-state index contributed by atoms with van der Waals surface area (Å²) in [6.45, 7) is 4.03. The van der Waals surface area contributed by atoms with Crippen molar-refractivity contribution in [3.05, 3.63) is 0 Å². The van der Waals surface area contributed by atoms with Gasteiger partial charge in [-0.2, -0.15) is 13.2 Å². The largest absolute Gasteiger partial charge is 0.490 e. The summed E-state index contributed by atoms with van der Waals surface area (Å²) in [7, 11) is 4.25. The van der Waals surface area contributed by atoms with Crippen molar-refractivity contribution < 1.29 is 47.0 Å².